The van der Waals surface area contributed by atoms with E-state index in [0.29, 0.717) is 11.4 Å². The number of halogens is 4. The Balaban J connectivity index is 1.76. The van der Waals surface area contributed by atoms with Crippen molar-refractivity contribution in [3.8, 4) is 11.5 Å². The Morgan fingerprint density at radius 3 is 2.58 bits per heavy atom. The Hall–Kier alpha value is -3.19. The van der Waals surface area contributed by atoms with E-state index in [4.69, 9.17) is 16.3 Å². The van der Waals surface area contributed by atoms with Gasteiger partial charge in [-0.05, 0) is 54.4 Å². The normalized spacial score (nSPS) is 11.3. The first-order valence-electron chi connectivity index (χ1n) is 9.33. The van der Waals surface area contributed by atoms with Crippen LogP contribution in [0.4, 0.5) is 18.9 Å². The van der Waals surface area contributed by atoms with Crippen molar-refractivity contribution in [2.24, 2.45) is 0 Å². The van der Waals surface area contributed by atoms with Gasteiger partial charge in [0.25, 0.3) is 5.91 Å². The van der Waals surface area contributed by atoms with Gasteiger partial charge in [-0.25, -0.2) is 0 Å². The van der Waals surface area contributed by atoms with Crippen LogP contribution in [0.5, 0.6) is 11.5 Å². The quantitative estimate of drug-likeness (QED) is 0.468. The summed E-state index contributed by atoms with van der Waals surface area (Å²) in [6, 6.07) is 14.4. The van der Waals surface area contributed by atoms with Gasteiger partial charge in [0.2, 0.25) is 0 Å². The maximum Gasteiger partial charge on any atom is 0.416 e. The standard InChI is InChI=1S/C23H19ClF3NO3/c1-14-6-8-19(28-22(30)17-13-16(24)7-9-20(17)29)21(12-14)31-11-10-15-4-2-3-5-18(15)23(25,26)27/h2-9,12-13,29H,10-11H2,1H3,(H,28,30). The van der Waals surface area contributed by atoms with E-state index in [9.17, 15) is 23.1 Å². The van der Waals surface area contributed by atoms with E-state index >= 15 is 0 Å². The molecule has 3 aromatic carbocycles. The third-order valence-electron chi connectivity index (χ3n) is 4.54. The molecule has 0 atom stereocenters. The average Bonchev–Trinajstić information content (AvgIpc) is 2.71. The van der Waals surface area contributed by atoms with Crippen LogP contribution in [0.2, 0.25) is 5.02 Å². The van der Waals surface area contributed by atoms with Crippen LogP contribution in [0.25, 0.3) is 0 Å². The molecule has 3 aromatic rings. The Morgan fingerprint density at radius 1 is 1.10 bits per heavy atom. The Bertz CT molecular complexity index is 1100. The summed E-state index contributed by atoms with van der Waals surface area (Å²) in [5, 5.41) is 12.8. The number of phenolic OH excluding ortho intramolecular Hbond substituents is 1. The van der Waals surface area contributed by atoms with Crippen LogP contribution in [0.3, 0.4) is 0 Å². The minimum Gasteiger partial charge on any atom is -0.507 e. The molecule has 0 aliphatic rings. The first-order valence-corrected chi connectivity index (χ1v) is 9.71. The highest BCUT2D eigenvalue weighted by Crippen LogP contribution is 2.33. The number of aryl methyl sites for hydroxylation is 1. The molecule has 0 spiro atoms. The first-order chi connectivity index (χ1) is 14.6. The number of nitrogens with one attached hydrogen (secondary N) is 1. The molecule has 0 saturated heterocycles. The van der Waals surface area contributed by atoms with Crippen molar-refractivity contribution in [3.05, 3.63) is 87.9 Å². The number of benzene rings is 3. The molecular weight excluding hydrogens is 431 g/mol. The van der Waals surface area contributed by atoms with Crippen molar-refractivity contribution >= 4 is 23.2 Å². The zero-order valence-corrected chi connectivity index (χ0v) is 17.2. The molecule has 162 valence electrons. The van der Waals surface area contributed by atoms with Crippen molar-refractivity contribution in [2.45, 2.75) is 19.5 Å². The molecule has 0 fully saturated rings. The zero-order valence-electron chi connectivity index (χ0n) is 16.5. The number of alkyl halides is 3. The van der Waals surface area contributed by atoms with Gasteiger partial charge in [0.05, 0.1) is 23.4 Å². The molecule has 3 rings (SSSR count). The number of amides is 1. The molecule has 31 heavy (non-hydrogen) atoms. The molecule has 0 saturated carbocycles. The van der Waals surface area contributed by atoms with Crippen molar-refractivity contribution in [3.63, 3.8) is 0 Å². The smallest absolute Gasteiger partial charge is 0.416 e. The third kappa shape index (κ3) is 5.70. The molecule has 2 N–H and O–H groups in total. The van der Waals surface area contributed by atoms with Crippen LogP contribution in [-0.2, 0) is 12.6 Å². The Kier molecular flexibility index (Phi) is 6.75. The highest BCUT2D eigenvalue weighted by Gasteiger charge is 2.32. The summed E-state index contributed by atoms with van der Waals surface area (Å²) < 4.78 is 45.2. The lowest BCUT2D eigenvalue weighted by atomic mass is 10.0. The average molecular weight is 450 g/mol. The lowest BCUT2D eigenvalue weighted by Crippen LogP contribution is -2.14. The summed E-state index contributed by atoms with van der Waals surface area (Å²) in [6.07, 6.45) is -4.41. The van der Waals surface area contributed by atoms with Crippen LogP contribution in [0.1, 0.15) is 27.0 Å². The number of ether oxygens (including phenoxy) is 1. The molecule has 4 nitrogen and oxygen atoms in total. The third-order valence-corrected chi connectivity index (χ3v) is 4.78. The van der Waals surface area contributed by atoms with Crippen molar-refractivity contribution < 1.29 is 27.8 Å². The van der Waals surface area contributed by atoms with Gasteiger partial charge in [0, 0.05) is 11.4 Å². The molecule has 0 bridgehead atoms. The van der Waals surface area contributed by atoms with Crippen LogP contribution in [0.15, 0.2) is 60.7 Å². The summed E-state index contributed by atoms with van der Waals surface area (Å²) in [6.45, 7) is 1.79. The maximum absolute atomic E-state index is 13.2. The zero-order chi connectivity index (χ0) is 22.6. The second-order valence-electron chi connectivity index (χ2n) is 6.87. The van der Waals surface area contributed by atoms with E-state index in [-0.39, 0.29) is 34.9 Å². The van der Waals surface area contributed by atoms with Gasteiger partial charge in [-0.1, -0.05) is 35.9 Å². The predicted octanol–water partition coefficient (Wildman–Crippen LogP) is 6.25. The fraction of sp³-hybridized carbons (Fsp3) is 0.174. The number of hydrogen-bond acceptors (Lipinski definition) is 3. The maximum atomic E-state index is 13.2. The molecule has 0 aromatic heterocycles. The summed E-state index contributed by atoms with van der Waals surface area (Å²) in [4.78, 5) is 12.6. The second kappa shape index (κ2) is 9.31. The number of phenols is 1. The molecule has 0 unspecified atom stereocenters. The van der Waals surface area contributed by atoms with E-state index in [2.05, 4.69) is 5.32 Å². The molecule has 1 amide bonds. The van der Waals surface area contributed by atoms with Gasteiger partial charge in [-0.3, -0.25) is 4.79 Å². The highest BCUT2D eigenvalue weighted by atomic mass is 35.5. The summed E-state index contributed by atoms with van der Waals surface area (Å²) in [5.41, 5.74) is 0.566. The molecule has 8 heteroatoms. The molecule has 0 heterocycles. The van der Waals surface area contributed by atoms with Crippen molar-refractivity contribution in [1.29, 1.82) is 0 Å². The predicted molar refractivity (Wildman–Crippen MR) is 113 cm³/mol. The fourth-order valence-corrected chi connectivity index (χ4v) is 3.19. The summed E-state index contributed by atoms with van der Waals surface area (Å²) in [7, 11) is 0. The molecule has 0 aliphatic heterocycles. The van der Waals surface area contributed by atoms with Gasteiger partial charge in [0.1, 0.15) is 11.5 Å². The SMILES string of the molecule is Cc1ccc(NC(=O)c2cc(Cl)ccc2O)c(OCCc2ccccc2C(F)(F)F)c1. The van der Waals surface area contributed by atoms with Crippen LogP contribution in [-0.4, -0.2) is 17.6 Å². The fourth-order valence-electron chi connectivity index (χ4n) is 3.02. The second-order valence-corrected chi connectivity index (χ2v) is 7.31. The highest BCUT2D eigenvalue weighted by molar-refractivity contribution is 6.31. The minimum atomic E-state index is -4.45. The monoisotopic (exact) mass is 449 g/mol. The first kappa shape index (κ1) is 22.5. The number of rotatable bonds is 6. The van der Waals surface area contributed by atoms with Gasteiger partial charge in [-0.15, -0.1) is 0 Å². The van der Waals surface area contributed by atoms with Crippen molar-refractivity contribution in [1.82, 2.24) is 0 Å². The van der Waals surface area contributed by atoms with E-state index < -0.39 is 17.6 Å². The lowest BCUT2D eigenvalue weighted by molar-refractivity contribution is -0.138. The van der Waals surface area contributed by atoms with Gasteiger partial charge < -0.3 is 15.2 Å². The van der Waals surface area contributed by atoms with E-state index in [1.54, 1.807) is 24.3 Å². The largest absolute Gasteiger partial charge is 0.507 e. The van der Waals surface area contributed by atoms with E-state index in [0.717, 1.165) is 11.6 Å². The van der Waals surface area contributed by atoms with Crippen molar-refractivity contribution in [2.75, 3.05) is 11.9 Å². The van der Waals surface area contributed by atoms with Gasteiger partial charge in [0.15, 0.2) is 0 Å². The topological polar surface area (TPSA) is 58.6 Å². The summed E-state index contributed by atoms with van der Waals surface area (Å²) in [5.74, 6) is -0.532. The summed E-state index contributed by atoms with van der Waals surface area (Å²) >= 11 is 5.89. The Morgan fingerprint density at radius 2 is 1.84 bits per heavy atom. The number of aromatic hydroxyl groups is 1. The number of carbonyl (C=O) groups is 1. The van der Waals surface area contributed by atoms with Gasteiger partial charge in [-0.2, -0.15) is 13.2 Å². The number of anilines is 1. The van der Waals surface area contributed by atoms with E-state index in [1.165, 1.54) is 30.3 Å². The van der Waals surface area contributed by atoms with Crippen LogP contribution < -0.4 is 10.1 Å². The molecule has 0 radical (unpaired) electrons. The Labute approximate surface area is 182 Å². The minimum absolute atomic E-state index is 0.0156. The van der Waals surface area contributed by atoms with E-state index in [1.807, 2.05) is 6.92 Å². The molecule has 0 aliphatic carbocycles. The number of hydrogen-bond donors (Lipinski definition) is 2. The lowest BCUT2D eigenvalue weighted by Gasteiger charge is -2.16. The van der Waals surface area contributed by atoms with Crippen LogP contribution in [0, 0.1) is 6.92 Å². The van der Waals surface area contributed by atoms with Crippen LogP contribution >= 0.6 is 11.6 Å². The molecular formula is C23H19ClF3NO3. The number of carbonyl (C=O) groups excluding carboxylic acids is 1. The van der Waals surface area contributed by atoms with Gasteiger partial charge >= 0.3 is 6.18 Å².